The molecular formula is C56H107NO5. The fourth-order valence-electron chi connectivity index (χ4n) is 8.45. The van der Waals surface area contributed by atoms with Gasteiger partial charge in [0.1, 0.15) is 0 Å². The van der Waals surface area contributed by atoms with E-state index in [0.717, 1.165) is 44.9 Å². The Bertz CT molecular complexity index is 966. The van der Waals surface area contributed by atoms with Crippen molar-refractivity contribution in [3.8, 4) is 0 Å². The molecular weight excluding hydrogens is 767 g/mol. The molecule has 2 unspecified atom stereocenters. The number of esters is 1. The van der Waals surface area contributed by atoms with Crippen molar-refractivity contribution >= 4 is 11.9 Å². The highest BCUT2D eigenvalue weighted by Crippen LogP contribution is 2.16. The molecule has 0 heterocycles. The van der Waals surface area contributed by atoms with Gasteiger partial charge in [-0.2, -0.15) is 0 Å². The van der Waals surface area contributed by atoms with Crippen molar-refractivity contribution in [2.24, 2.45) is 0 Å². The zero-order chi connectivity index (χ0) is 45.1. The molecule has 0 aliphatic carbocycles. The second-order valence-corrected chi connectivity index (χ2v) is 18.9. The number of unbranched alkanes of at least 4 members (excludes halogenated alkanes) is 38. The van der Waals surface area contributed by atoms with E-state index in [0.29, 0.717) is 19.4 Å². The molecule has 0 aliphatic heterocycles. The zero-order valence-corrected chi connectivity index (χ0v) is 41.6. The van der Waals surface area contributed by atoms with Crippen LogP contribution in [-0.2, 0) is 14.3 Å². The predicted octanol–water partition coefficient (Wildman–Crippen LogP) is 16.7. The molecule has 0 bridgehead atoms. The van der Waals surface area contributed by atoms with Gasteiger partial charge in [-0.1, -0.05) is 250 Å². The third kappa shape index (κ3) is 47.8. The van der Waals surface area contributed by atoms with Gasteiger partial charge in [0.2, 0.25) is 5.91 Å². The molecule has 0 rings (SSSR count). The molecule has 0 aromatic heterocycles. The number of hydrogen-bond acceptors (Lipinski definition) is 5. The number of hydrogen-bond donors (Lipinski definition) is 3. The molecule has 3 N–H and O–H groups in total. The van der Waals surface area contributed by atoms with Crippen LogP contribution in [0.2, 0.25) is 0 Å². The van der Waals surface area contributed by atoms with Gasteiger partial charge in [0, 0.05) is 12.8 Å². The van der Waals surface area contributed by atoms with Crippen LogP contribution in [0.1, 0.15) is 296 Å². The van der Waals surface area contributed by atoms with Gasteiger partial charge in [-0.05, 0) is 57.8 Å². The van der Waals surface area contributed by atoms with Crippen LogP contribution in [0.25, 0.3) is 0 Å². The Morgan fingerprint density at radius 1 is 0.435 bits per heavy atom. The van der Waals surface area contributed by atoms with Gasteiger partial charge in [0.15, 0.2) is 0 Å². The van der Waals surface area contributed by atoms with Crippen molar-refractivity contribution in [3.05, 3.63) is 24.3 Å². The van der Waals surface area contributed by atoms with Gasteiger partial charge < -0.3 is 20.3 Å². The summed E-state index contributed by atoms with van der Waals surface area (Å²) in [5.41, 5.74) is 0. The molecule has 366 valence electrons. The summed E-state index contributed by atoms with van der Waals surface area (Å²) in [5, 5.41) is 23.0. The van der Waals surface area contributed by atoms with E-state index in [2.05, 4.69) is 31.3 Å². The molecule has 0 fully saturated rings. The van der Waals surface area contributed by atoms with Crippen molar-refractivity contribution in [2.75, 3.05) is 13.2 Å². The molecule has 0 aromatic rings. The van der Waals surface area contributed by atoms with Crippen LogP contribution in [0.4, 0.5) is 0 Å². The first-order valence-electron chi connectivity index (χ1n) is 27.6. The van der Waals surface area contributed by atoms with Crippen LogP contribution < -0.4 is 5.32 Å². The molecule has 6 heteroatoms. The minimum Gasteiger partial charge on any atom is -0.466 e. The van der Waals surface area contributed by atoms with Crippen LogP contribution in [0, 0.1) is 0 Å². The fourth-order valence-corrected chi connectivity index (χ4v) is 8.45. The van der Waals surface area contributed by atoms with Gasteiger partial charge in [-0.25, -0.2) is 0 Å². The first-order valence-corrected chi connectivity index (χ1v) is 27.6. The van der Waals surface area contributed by atoms with E-state index in [9.17, 15) is 19.8 Å². The molecule has 6 nitrogen and oxygen atoms in total. The second-order valence-electron chi connectivity index (χ2n) is 18.9. The monoisotopic (exact) mass is 874 g/mol. The molecule has 0 spiro atoms. The Balaban J connectivity index is 3.42. The number of nitrogens with one attached hydrogen (secondary N) is 1. The molecule has 0 aromatic carbocycles. The van der Waals surface area contributed by atoms with Crippen LogP contribution in [0.15, 0.2) is 24.3 Å². The first-order chi connectivity index (χ1) is 30.5. The quantitative estimate of drug-likeness (QED) is 0.0321. The van der Waals surface area contributed by atoms with Crippen molar-refractivity contribution in [1.29, 1.82) is 0 Å². The van der Waals surface area contributed by atoms with Crippen molar-refractivity contribution in [2.45, 2.75) is 309 Å². The van der Waals surface area contributed by atoms with Gasteiger partial charge in [0.05, 0.1) is 25.4 Å². The maximum atomic E-state index is 12.4. The lowest BCUT2D eigenvalue weighted by atomic mass is 10.0. The number of amides is 1. The van der Waals surface area contributed by atoms with E-state index < -0.39 is 12.1 Å². The summed E-state index contributed by atoms with van der Waals surface area (Å²) in [4.78, 5) is 24.5. The van der Waals surface area contributed by atoms with Crippen molar-refractivity contribution in [3.63, 3.8) is 0 Å². The minimum atomic E-state index is -0.846. The van der Waals surface area contributed by atoms with E-state index in [1.807, 2.05) is 6.08 Å². The highest BCUT2D eigenvalue weighted by atomic mass is 16.5. The van der Waals surface area contributed by atoms with Crippen molar-refractivity contribution < 1.29 is 24.5 Å². The van der Waals surface area contributed by atoms with Crippen LogP contribution in [0.5, 0.6) is 0 Å². The van der Waals surface area contributed by atoms with Crippen LogP contribution in [0.3, 0.4) is 0 Å². The molecule has 0 aliphatic rings. The van der Waals surface area contributed by atoms with Gasteiger partial charge in [0.25, 0.3) is 0 Å². The normalized spacial score (nSPS) is 12.8. The second kappa shape index (κ2) is 52.0. The highest BCUT2D eigenvalue weighted by molar-refractivity contribution is 5.76. The largest absolute Gasteiger partial charge is 0.466 e. The number of carbonyl (C=O) groups is 2. The third-order valence-corrected chi connectivity index (χ3v) is 12.7. The predicted molar refractivity (Wildman–Crippen MR) is 269 cm³/mol. The smallest absolute Gasteiger partial charge is 0.305 e. The Kier molecular flexibility index (Phi) is 50.6. The number of carbonyl (C=O) groups excluding carboxylic acids is 2. The average molecular weight is 874 g/mol. The summed E-state index contributed by atoms with van der Waals surface area (Å²) >= 11 is 0. The highest BCUT2D eigenvalue weighted by Gasteiger charge is 2.18. The summed E-state index contributed by atoms with van der Waals surface area (Å²) in [7, 11) is 0. The third-order valence-electron chi connectivity index (χ3n) is 12.7. The van der Waals surface area contributed by atoms with E-state index in [1.54, 1.807) is 6.08 Å². The van der Waals surface area contributed by atoms with E-state index in [1.165, 1.54) is 225 Å². The lowest BCUT2D eigenvalue weighted by molar-refractivity contribution is -0.143. The first kappa shape index (κ1) is 60.3. The van der Waals surface area contributed by atoms with E-state index in [4.69, 9.17) is 4.74 Å². The van der Waals surface area contributed by atoms with Gasteiger partial charge in [-0.3, -0.25) is 9.59 Å². The zero-order valence-electron chi connectivity index (χ0n) is 41.6. The Morgan fingerprint density at radius 3 is 1.15 bits per heavy atom. The molecule has 0 saturated heterocycles. The summed E-state index contributed by atoms with van der Waals surface area (Å²) in [6.45, 7) is 4.88. The number of ether oxygens (including phenoxy) is 1. The summed E-state index contributed by atoms with van der Waals surface area (Å²) in [5.74, 6) is -0.0742. The Hall–Kier alpha value is -1.66. The molecule has 1 amide bonds. The van der Waals surface area contributed by atoms with E-state index >= 15 is 0 Å². The van der Waals surface area contributed by atoms with Crippen LogP contribution in [-0.4, -0.2) is 47.4 Å². The lowest BCUT2D eigenvalue weighted by Gasteiger charge is -2.20. The van der Waals surface area contributed by atoms with Crippen molar-refractivity contribution in [1.82, 2.24) is 5.32 Å². The number of rotatable bonds is 51. The standard InChI is InChI=1S/C56H107NO5/c1-3-5-7-9-11-13-15-17-22-26-30-34-38-42-46-50-56(61)62-51-47-43-39-35-31-27-24-21-19-18-20-23-25-29-33-37-41-45-49-55(60)57-53(52-58)54(59)48-44-40-36-32-28-16-14-12-10-8-6-4-2/h17,22,44,48,53-54,58-59H,3-16,18-21,23-43,45-47,49-52H2,1-2H3,(H,57,60)/b22-17-,48-44+. The SMILES string of the molecule is CCCCCCCC/C=C\CCCCCCCC(=O)OCCCCCCCCCCCCCCCCCCCCC(=O)NC(CO)C(O)/C=C/CCCCCCCCCCCC. The average Bonchev–Trinajstić information content (AvgIpc) is 3.27. The van der Waals surface area contributed by atoms with Gasteiger partial charge in [-0.15, -0.1) is 0 Å². The fraction of sp³-hybridized carbons (Fsp3) is 0.893. The molecule has 2 atom stereocenters. The molecule has 62 heavy (non-hydrogen) atoms. The minimum absolute atomic E-state index is 0.00160. The number of aliphatic hydroxyl groups excluding tert-OH is 2. The van der Waals surface area contributed by atoms with E-state index in [-0.39, 0.29) is 18.5 Å². The van der Waals surface area contributed by atoms with Gasteiger partial charge >= 0.3 is 5.97 Å². The molecule has 0 radical (unpaired) electrons. The Labute approximate surface area is 386 Å². The Morgan fingerprint density at radius 2 is 0.758 bits per heavy atom. The summed E-state index contributed by atoms with van der Waals surface area (Å²) < 4.78 is 5.47. The molecule has 0 saturated carbocycles. The topological polar surface area (TPSA) is 95.9 Å². The number of allylic oxidation sites excluding steroid dienone is 3. The summed E-state index contributed by atoms with van der Waals surface area (Å²) in [6, 6.07) is -0.629. The summed E-state index contributed by atoms with van der Waals surface area (Å²) in [6.07, 6.45) is 61.9. The number of aliphatic hydroxyl groups is 2. The maximum absolute atomic E-state index is 12.4. The van der Waals surface area contributed by atoms with Crippen LogP contribution >= 0.6 is 0 Å². The maximum Gasteiger partial charge on any atom is 0.305 e. The lowest BCUT2D eigenvalue weighted by Crippen LogP contribution is -2.45.